The third-order valence-corrected chi connectivity index (χ3v) is 8.34. The number of thiazole rings is 1. The van der Waals surface area contributed by atoms with Gasteiger partial charge in [0.15, 0.2) is 16.1 Å². The highest BCUT2D eigenvalue weighted by Crippen LogP contribution is 2.38. The molecule has 0 atom stereocenters. The maximum absolute atomic E-state index is 12.5. The van der Waals surface area contributed by atoms with E-state index in [9.17, 15) is 4.79 Å². The van der Waals surface area contributed by atoms with E-state index in [1.807, 2.05) is 35.6 Å². The Morgan fingerprint density at radius 2 is 2.06 bits per heavy atom. The second-order valence-electron chi connectivity index (χ2n) is 7.85. The first-order valence-corrected chi connectivity index (χ1v) is 13.1. The molecule has 1 amide bonds. The molecule has 1 N–H and O–H groups in total. The molecule has 1 aromatic carbocycles. The number of rotatable bonds is 6. The molecule has 3 heterocycles. The molecule has 5 rings (SSSR count). The summed E-state index contributed by atoms with van der Waals surface area (Å²) in [4.78, 5) is 18.5. The van der Waals surface area contributed by atoms with Crippen molar-refractivity contribution in [1.29, 1.82) is 0 Å². The molecule has 0 bridgehead atoms. The van der Waals surface area contributed by atoms with Gasteiger partial charge in [-0.3, -0.25) is 9.36 Å². The van der Waals surface area contributed by atoms with Crippen molar-refractivity contribution in [3.8, 4) is 11.4 Å². The molecule has 0 saturated heterocycles. The van der Waals surface area contributed by atoms with Crippen molar-refractivity contribution in [2.75, 3.05) is 11.1 Å². The number of fused-ring (bicyclic) bond motifs is 2. The number of thiophene rings is 1. The summed E-state index contributed by atoms with van der Waals surface area (Å²) in [6.45, 7) is 4.27. The average Bonchev–Trinajstić information content (AvgIpc) is 3.47. The standard InChI is InChI=1S/C22H23N5OS3/c1-13(2)27-20(15-11-29-17-9-5-3-7-14(15)17)25-26-22(27)30-12-19(28)24-21-23-16-8-4-6-10-18(16)31-21/h4,6,8,10-11,13H,3,5,7,9,12H2,1-2H3,(H,23,24,28). The maximum Gasteiger partial charge on any atom is 0.236 e. The maximum atomic E-state index is 12.5. The van der Waals surface area contributed by atoms with Crippen molar-refractivity contribution in [3.63, 3.8) is 0 Å². The van der Waals surface area contributed by atoms with E-state index in [1.54, 1.807) is 0 Å². The fourth-order valence-electron chi connectivity index (χ4n) is 3.92. The van der Waals surface area contributed by atoms with E-state index in [0.717, 1.165) is 27.6 Å². The van der Waals surface area contributed by atoms with Crippen LogP contribution in [0.2, 0.25) is 0 Å². The Morgan fingerprint density at radius 1 is 1.23 bits per heavy atom. The van der Waals surface area contributed by atoms with Crippen LogP contribution in [0, 0.1) is 0 Å². The molecule has 3 aromatic heterocycles. The van der Waals surface area contributed by atoms with E-state index in [0.29, 0.717) is 5.13 Å². The molecule has 0 unspecified atom stereocenters. The first-order chi connectivity index (χ1) is 15.1. The lowest BCUT2D eigenvalue weighted by Crippen LogP contribution is -2.15. The smallest absolute Gasteiger partial charge is 0.236 e. The van der Waals surface area contributed by atoms with Crippen LogP contribution in [0.4, 0.5) is 5.13 Å². The number of carbonyl (C=O) groups is 1. The lowest BCUT2D eigenvalue weighted by molar-refractivity contribution is -0.113. The summed E-state index contributed by atoms with van der Waals surface area (Å²) in [6, 6.07) is 8.09. The monoisotopic (exact) mass is 469 g/mol. The van der Waals surface area contributed by atoms with Crippen molar-refractivity contribution in [2.45, 2.75) is 50.7 Å². The minimum absolute atomic E-state index is 0.0863. The van der Waals surface area contributed by atoms with Gasteiger partial charge in [-0.15, -0.1) is 21.5 Å². The van der Waals surface area contributed by atoms with Crippen LogP contribution < -0.4 is 5.32 Å². The summed E-state index contributed by atoms with van der Waals surface area (Å²) in [6.07, 6.45) is 4.80. The van der Waals surface area contributed by atoms with Crippen LogP contribution in [-0.4, -0.2) is 31.4 Å². The number of carbonyl (C=O) groups excluding carboxylic acids is 1. The van der Waals surface area contributed by atoms with E-state index in [-0.39, 0.29) is 17.7 Å². The number of hydrogen-bond acceptors (Lipinski definition) is 7. The Bertz CT molecular complexity index is 1210. The molecular formula is C22H23N5OS3. The molecule has 4 aromatic rings. The van der Waals surface area contributed by atoms with Gasteiger partial charge in [-0.2, -0.15) is 0 Å². The Balaban J connectivity index is 1.32. The molecule has 9 heteroatoms. The fraction of sp³-hybridized carbons (Fsp3) is 0.364. The Hall–Kier alpha value is -2.23. The summed E-state index contributed by atoms with van der Waals surface area (Å²) >= 11 is 4.75. The van der Waals surface area contributed by atoms with Gasteiger partial charge >= 0.3 is 0 Å². The van der Waals surface area contributed by atoms with E-state index >= 15 is 0 Å². The second-order valence-corrected chi connectivity index (χ2v) is 10.8. The highest BCUT2D eigenvalue weighted by molar-refractivity contribution is 7.99. The molecule has 1 aliphatic carbocycles. The predicted octanol–water partition coefficient (Wildman–Crippen LogP) is 5.81. The minimum Gasteiger partial charge on any atom is -0.301 e. The predicted molar refractivity (Wildman–Crippen MR) is 129 cm³/mol. The quantitative estimate of drug-likeness (QED) is 0.361. The molecule has 0 aliphatic heterocycles. The van der Waals surface area contributed by atoms with Crippen molar-refractivity contribution >= 4 is 55.7 Å². The molecule has 0 saturated carbocycles. The lowest BCUT2D eigenvalue weighted by atomic mass is 9.95. The number of nitrogens with one attached hydrogen (secondary N) is 1. The molecular weight excluding hydrogens is 446 g/mol. The normalized spacial score (nSPS) is 13.6. The molecule has 0 fully saturated rings. The number of para-hydroxylation sites is 1. The van der Waals surface area contributed by atoms with Crippen molar-refractivity contribution in [2.24, 2.45) is 0 Å². The van der Waals surface area contributed by atoms with Crippen LogP contribution in [0.5, 0.6) is 0 Å². The van der Waals surface area contributed by atoms with Gasteiger partial charge in [0.05, 0.1) is 16.0 Å². The SMILES string of the molecule is CC(C)n1c(SCC(=O)Nc2nc3ccccc3s2)nnc1-c1csc2c1CCCC2. The molecule has 31 heavy (non-hydrogen) atoms. The first-order valence-electron chi connectivity index (χ1n) is 10.4. The van der Waals surface area contributed by atoms with Gasteiger partial charge in [0.25, 0.3) is 0 Å². The summed E-state index contributed by atoms with van der Waals surface area (Å²) in [7, 11) is 0. The Kier molecular flexibility index (Phi) is 5.81. The zero-order chi connectivity index (χ0) is 21.4. The fourth-order valence-corrected chi connectivity index (χ4v) is 6.79. The zero-order valence-electron chi connectivity index (χ0n) is 17.4. The Morgan fingerprint density at radius 3 is 2.90 bits per heavy atom. The molecule has 0 radical (unpaired) electrons. The topological polar surface area (TPSA) is 72.7 Å². The van der Waals surface area contributed by atoms with Crippen LogP contribution >= 0.6 is 34.4 Å². The molecule has 1 aliphatic rings. The number of hydrogen-bond donors (Lipinski definition) is 1. The van der Waals surface area contributed by atoms with Gasteiger partial charge in [-0.1, -0.05) is 35.2 Å². The largest absolute Gasteiger partial charge is 0.301 e. The van der Waals surface area contributed by atoms with Crippen LogP contribution in [0.15, 0.2) is 34.8 Å². The number of aromatic nitrogens is 4. The van der Waals surface area contributed by atoms with E-state index in [1.165, 1.54) is 58.4 Å². The zero-order valence-corrected chi connectivity index (χ0v) is 19.9. The van der Waals surface area contributed by atoms with Crippen LogP contribution in [0.3, 0.4) is 0 Å². The number of benzene rings is 1. The van der Waals surface area contributed by atoms with Gasteiger partial charge in [-0.05, 0) is 57.2 Å². The minimum atomic E-state index is -0.0863. The highest BCUT2D eigenvalue weighted by Gasteiger charge is 2.23. The Labute approximate surface area is 193 Å². The molecule has 0 spiro atoms. The van der Waals surface area contributed by atoms with Crippen LogP contribution in [0.1, 0.15) is 43.2 Å². The lowest BCUT2D eigenvalue weighted by Gasteiger charge is -2.16. The summed E-state index contributed by atoms with van der Waals surface area (Å²) in [5.74, 6) is 1.10. The summed E-state index contributed by atoms with van der Waals surface area (Å²) < 4.78 is 3.22. The number of aryl methyl sites for hydroxylation is 1. The van der Waals surface area contributed by atoms with E-state index < -0.39 is 0 Å². The summed E-state index contributed by atoms with van der Waals surface area (Å²) in [5, 5.41) is 15.5. The van der Waals surface area contributed by atoms with Crippen LogP contribution in [0.25, 0.3) is 21.6 Å². The third-order valence-electron chi connectivity index (χ3n) is 5.36. The van der Waals surface area contributed by atoms with Crippen LogP contribution in [-0.2, 0) is 17.6 Å². The van der Waals surface area contributed by atoms with Crippen molar-refractivity contribution in [1.82, 2.24) is 19.7 Å². The average molecular weight is 470 g/mol. The number of amides is 1. The third kappa shape index (κ3) is 4.14. The van der Waals surface area contributed by atoms with Gasteiger partial charge in [0, 0.05) is 21.9 Å². The van der Waals surface area contributed by atoms with E-state index in [4.69, 9.17) is 0 Å². The molecule has 6 nitrogen and oxygen atoms in total. The molecule has 160 valence electrons. The second kappa shape index (κ2) is 8.72. The van der Waals surface area contributed by atoms with E-state index in [2.05, 4.69) is 44.3 Å². The highest BCUT2D eigenvalue weighted by atomic mass is 32.2. The van der Waals surface area contributed by atoms with Gasteiger partial charge in [0.2, 0.25) is 5.91 Å². The number of anilines is 1. The van der Waals surface area contributed by atoms with Gasteiger partial charge < -0.3 is 5.32 Å². The van der Waals surface area contributed by atoms with Crippen molar-refractivity contribution in [3.05, 3.63) is 40.1 Å². The van der Waals surface area contributed by atoms with Gasteiger partial charge in [0.1, 0.15) is 0 Å². The first kappa shape index (κ1) is 20.7. The van der Waals surface area contributed by atoms with Crippen molar-refractivity contribution < 1.29 is 4.79 Å². The summed E-state index contributed by atoms with van der Waals surface area (Å²) in [5.41, 5.74) is 3.56. The number of thioether (sulfide) groups is 1. The number of nitrogens with zero attached hydrogens (tertiary/aromatic N) is 4. The van der Waals surface area contributed by atoms with Gasteiger partial charge in [-0.25, -0.2) is 4.98 Å².